The molecule has 0 saturated carbocycles. The molecule has 1 rings (SSSR count). The second kappa shape index (κ2) is 5.20. The van der Waals surface area contributed by atoms with Crippen molar-refractivity contribution in [2.75, 3.05) is 5.75 Å². The van der Waals surface area contributed by atoms with Crippen LogP contribution in [-0.4, -0.2) is 11.5 Å². The molecule has 1 nitrogen and oxygen atoms in total. The molecule has 0 aliphatic carbocycles. The van der Waals surface area contributed by atoms with Crippen molar-refractivity contribution in [1.29, 1.82) is 0 Å². The molecule has 0 atom stereocenters. The summed E-state index contributed by atoms with van der Waals surface area (Å²) in [4.78, 5) is 12.0. The van der Waals surface area contributed by atoms with E-state index in [1.54, 1.807) is 18.7 Å². The molecular weight excluding hydrogens is 192 g/mol. The lowest BCUT2D eigenvalue weighted by Crippen LogP contribution is -1.93. The Bertz CT molecular complexity index is 318. The molecular formula is C12H16OS. The van der Waals surface area contributed by atoms with Gasteiger partial charge in [0.15, 0.2) is 0 Å². The minimum Gasteiger partial charge on any atom is -0.299 e. The van der Waals surface area contributed by atoms with Gasteiger partial charge in [-0.3, -0.25) is 4.79 Å². The second-order valence-electron chi connectivity index (χ2n) is 3.72. The molecule has 76 valence electrons. The van der Waals surface area contributed by atoms with Crippen molar-refractivity contribution >= 4 is 17.5 Å². The van der Waals surface area contributed by atoms with Crippen molar-refractivity contribution in [2.45, 2.75) is 31.6 Å². The molecule has 0 saturated heterocycles. The fourth-order valence-corrected chi connectivity index (χ4v) is 1.91. The number of rotatable bonds is 4. The molecule has 0 N–H and O–H groups in total. The third-order valence-corrected chi connectivity index (χ3v) is 3.10. The Kier molecular flexibility index (Phi) is 4.21. The minimum absolute atomic E-state index is 0.227. The van der Waals surface area contributed by atoms with Crippen LogP contribution in [0, 0.1) is 0 Å². The van der Waals surface area contributed by atoms with E-state index in [-0.39, 0.29) is 5.78 Å². The highest BCUT2D eigenvalue weighted by atomic mass is 32.2. The Morgan fingerprint density at radius 1 is 1.43 bits per heavy atom. The maximum Gasteiger partial charge on any atom is 0.140 e. The molecule has 0 bridgehead atoms. The largest absolute Gasteiger partial charge is 0.299 e. The molecule has 0 aliphatic rings. The number of carbonyl (C=O) groups is 1. The molecule has 0 amide bonds. The van der Waals surface area contributed by atoms with Crippen LogP contribution in [-0.2, 0) is 4.79 Å². The minimum atomic E-state index is 0.227. The van der Waals surface area contributed by atoms with Crippen molar-refractivity contribution in [3.05, 3.63) is 29.8 Å². The van der Waals surface area contributed by atoms with Gasteiger partial charge in [-0.25, -0.2) is 0 Å². The number of hydrogen-bond donors (Lipinski definition) is 0. The number of ketones is 1. The van der Waals surface area contributed by atoms with Gasteiger partial charge in [-0.2, -0.15) is 0 Å². The molecule has 1 aromatic rings. The van der Waals surface area contributed by atoms with Crippen LogP contribution >= 0.6 is 11.8 Å². The summed E-state index contributed by atoms with van der Waals surface area (Å²) < 4.78 is 0. The normalized spacial score (nSPS) is 10.6. The van der Waals surface area contributed by atoms with Crippen molar-refractivity contribution in [3.63, 3.8) is 0 Å². The van der Waals surface area contributed by atoms with Crippen LogP contribution in [0.15, 0.2) is 29.2 Å². The van der Waals surface area contributed by atoms with Crippen LogP contribution < -0.4 is 0 Å². The van der Waals surface area contributed by atoms with E-state index in [1.165, 1.54) is 10.5 Å². The summed E-state index contributed by atoms with van der Waals surface area (Å²) in [6, 6.07) is 8.40. The van der Waals surface area contributed by atoms with Crippen molar-refractivity contribution in [3.8, 4) is 0 Å². The monoisotopic (exact) mass is 208 g/mol. The molecule has 0 aromatic heterocycles. The summed E-state index contributed by atoms with van der Waals surface area (Å²) in [6.45, 7) is 5.98. The quantitative estimate of drug-likeness (QED) is 0.704. The second-order valence-corrected chi connectivity index (χ2v) is 4.77. The molecule has 2 heteroatoms. The molecule has 0 aliphatic heterocycles. The first-order chi connectivity index (χ1) is 6.59. The Labute approximate surface area is 89.9 Å². The lowest BCUT2D eigenvalue weighted by atomic mass is 10.0. The first kappa shape index (κ1) is 11.3. The number of Topliss-reactive ketones (excluding diaryl/α,β-unsaturated/α-hetero) is 1. The molecule has 0 heterocycles. The lowest BCUT2D eigenvalue weighted by molar-refractivity contribution is -0.114. The average Bonchev–Trinajstić information content (AvgIpc) is 2.15. The number of hydrogen-bond acceptors (Lipinski definition) is 2. The van der Waals surface area contributed by atoms with Gasteiger partial charge >= 0.3 is 0 Å². The van der Waals surface area contributed by atoms with Gasteiger partial charge in [-0.05, 0) is 30.5 Å². The van der Waals surface area contributed by atoms with Gasteiger partial charge in [0.25, 0.3) is 0 Å². The zero-order valence-electron chi connectivity index (χ0n) is 8.91. The Morgan fingerprint density at radius 2 is 2.14 bits per heavy atom. The fourth-order valence-electron chi connectivity index (χ4n) is 1.15. The van der Waals surface area contributed by atoms with Crippen LogP contribution in [0.4, 0.5) is 0 Å². The molecule has 14 heavy (non-hydrogen) atoms. The van der Waals surface area contributed by atoms with Gasteiger partial charge in [0.1, 0.15) is 5.78 Å². The smallest absolute Gasteiger partial charge is 0.140 e. The average molecular weight is 208 g/mol. The van der Waals surface area contributed by atoms with Gasteiger partial charge in [0.2, 0.25) is 0 Å². The van der Waals surface area contributed by atoms with Gasteiger partial charge in [-0.1, -0.05) is 26.0 Å². The van der Waals surface area contributed by atoms with Gasteiger partial charge in [-0.15, -0.1) is 11.8 Å². The van der Waals surface area contributed by atoms with Gasteiger partial charge in [0.05, 0.1) is 5.75 Å². The SMILES string of the molecule is CC(=O)CSc1cccc(C(C)C)c1. The highest BCUT2D eigenvalue weighted by molar-refractivity contribution is 8.00. The van der Waals surface area contributed by atoms with Crippen molar-refractivity contribution in [2.24, 2.45) is 0 Å². The summed E-state index contributed by atoms with van der Waals surface area (Å²) in [5.41, 5.74) is 1.33. The Balaban J connectivity index is 2.68. The van der Waals surface area contributed by atoms with Crippen molar-refractivity contribution < 1.29 is 4.79 Å². The van der Waals surface area contributed by atoms with Crippen LogP contribution in [0.3, 0.4) is 0 Å². The maximum atomic E-state index is 10.8. The van der Waals surface area contributed by atoms with E-state index in [0.29, 0.717) is 11.7 Å². The third kappa shape index (κ3) is 3.54. The van der Waals surface area contributed by atoms with E-state index in [1.807, 2.05) is 0 Å². The van der Waals surface area contributed by atoms with Crippen LogP contribution in [0.5, 0.6) is 0 Å². The first-order valence-electron chi connectivity index (χ1n) is 4.82. The Hall–Kier alpha value is -0.760. The first-order valence-corrected chi connectivity index (χ1v) is 5.80. The summed E-state index contributed by atoms with van der Waals surface area (Å²) >= 11 is 1.61. The molecule has 0 spiro atoms. The predicted octanol–water partition coefficient (Wildman–Crippen LogP) is 3.49. The highest BCUT2D eigenvalue weighted by Crippen LogP contribution is 2.22. The summed E-state index contributed by atoms with van der Waals surface area (Å²) in [5.74, 6) is 1.35. The summed E-state index contributed by atoms with van der Waals surface area (Å²) in [5, 5.41) is 0. The number of benzene rings is 1. The molecule has 0 radical (unpaired) electrons. The zero-order valence-corrected chi connectivity index (χ0v) is 9.73. The molecule has 0 fully saturated rings. The van der Waals surface area contributed by atoms with Crippen LogP contribution in [0.2, 0.25) is 0 Å². The van der Waals surface area contributed by atoms with E-state index in [0.717, 1.165) is 0 Å². The Morgan fingerprint density at radius 3 is 2.71 bits per heavy atom. The predicted molar refractivity (Wildman–Crippen MR) is 61.9 cm³/mol. The lowest BCUT2D eigenvalue weighted by Gasteiger charge is -2.06. The van der Waals surface area contributed by atoms with E-state index in [2.05, 4.69) is 38.1 Å². The maximum absolute atomic E-state index is 10.8. The molecule has 1 aromatic carbocycles. The summed E-state index contributed by atoms with van der Waals surface area (Å²) in [6.07, 6.45) is 0. The van der Waals surface area contributed by atoms with E-state index in [9.17, 15) is 4.79 Å². The zero-order chi connectivity index (χ0) is 10.6. The van der Waals surface area contributed by atoms with Gasteiger partial charge in [0, 0.05) is 4.90 Å². The molecule has 0 unspecified atom stereocenters. The van der Waals surface area contributed by atoms with Crippen LogP contribution in [0.25, 0.3) is 0 Å². The summed E-state index contributed by atoms with van der Waals surface area (Å²) in [7, 11) is 0. The number of carbonyl (C=O) groups excluding carboxylic acids is 1. The fraction of sp³-hybridized carbons (Fsp3) is 0.417. The number of thioether (sulfide) groups is 1. The topological polar surface area (TPSA) is 17.1 Å². The van der Waals surface area contributed by atoms with Crippen LogP contribution in [0.1, 0.15) is 32.3 Å². The van der Waals surface area contributed by atoms with Crippen molar-refractivity contribution in [1.82, 2.24) is 0 Å². The standard InChI is InChI=1S/C12H16OS/c1-9(2)11-5-4-6-12(7-11)14-8-10(3)13/h4-7,9H,8H2,1-3H3. The third-order valence-electron chi connectivity index (χ3n) is 1.97. The highest BCUT2D eigenvalue weighted by Gasteiger charge is 2.01. The van der Waals surface area contributed by atoms with E-state index < -0.39 is 0 Å². The van der Waals surface area contributed by atoms with Gasteiger partial charge < -0.3 is 0 Å². The van der Waals surface area contributed by atoms with E-state index in [4.69, 9.17) is 0 Å². The van der Waals surface area contributed by atoms with E-state index >= 15 is 0 Å².